The maximum atomic E-state index is 12.2. The highest BCUT2D eigenvalue weighted by atomic mass is 16.5. The first-order valence-corrected chi connectivity index (χ1v) is 5.91. The lowest BCUT2D eigenvalue weighted by atomic mass is 10.0. The van der Waals surface area contributed by atoms with Crippen molar-refractivity contribution in [2.45, 2.75) is 6.92 Å². The zero-order valence-electron chi connectivity index (χ0n) is 10.8. The van der Waals surface area contributed by atoms with Gasteiger partial charge in [0.1, 0.15) is 0 Å². The Morgan fingerprint density at radius 1 is 0.895 bits per heavy atom. The van der Waals surface area contributed by atoms with E-state index in [0.29, 0.717) is 16.7 Å². The highest BCUT2D eigenvalue weighted by molar-refractivity contribution is 6.09. The maximum absolute atomic E-state index is 12.2. The van der Waals surface area contributed by atoms with Gasteiger partial charge in [-0.3, -0.25) is 4.79 Å². The van der Waals surface area contributed by atoms with E-state index in [1.807, 2.05) is 25.1 Å². The van der Waals surface area contributed by atoms with E-state index in [2.05, 4.69) is 4.74 Å². The molecule has 0 N–H and O–H groups in total. The van der Waals surface area contributed by atoms with Crippen molar-refractivity contribution in [3.63, 3.8) is 0 Å². The van der Waals surface area contributed by atoms with Crippen molar-refractivity contribution in [1.82, 2.24) is 0 Å². The van der Waals surface area contributed by atoms with Crippen LogP contribution in [-0.4, -0.2) is 18.9 Å². The Morgan fingerprint density at radius 2 is 1.53 bits per heavy atom. The van der Waals surface area contributed by atoms with Crippen LogP contribution in [0, 0.1) is 6.92 Å². The summed E-state index contributed by atoms with van der Waals surface area (Å²) >= 11 is 0. The molecule has 0 amide bonds. The number of carbonyl (C=O) groups excluding carboxylic acids is 2. The third kappa shape index (κ3) is 2.88. The molecule has 0 saturated carbocycles. The number of esters is 1. The number of ether oxygens (including phenoxy) is 1. The fourth-order valence-corrected chi connectivity index (χ4v) is 1.83. The third-order valence-electron chi connectivity index (χ3n) is 2.85. The molecular formula is C16H14O3. The van der Waals surface area contributed by atoms with E-state index in [9.17, 15) is 9.59 Å². The standard InChI is InChI=1S/C16H14O3/c1-11-4-3-5-14(10-11)15(17)12-6-8-13(9-7-12)16(18)19-2/h3-10H,1-2H3. The van der Waals surface area contributed by atoms with Crippen molar-refractivity contribution < 1.29 is 14.3 Å². The summed E-state index contributed by atoms with van der Waals surface area (Å²) in [5, 5.41) is 0. The van der Waals surface area contributed by atoms with Crippen LogP contribution in [0.4, 0.5) is 0 Å². The van der Waals surface area contributed by atoms with Gasteiger partial charge in [0.15, 0.2) is 5.78 Å². The van der Waals surface area contributed by atoms with Crippen molar-refractivity contribution in [2.24, 2.45) is 0 Å². The van der Waals surface area contributed by atoms with Crippen LogP contribution in [0.5, 0.6) is 0 Å². The average Bonchev–Trinajstić information content (AvgIpc) is 2.46. The molecule has 2 aromatic rings. The van der Waals surface area contributed by atoms with Crippen LogP contribution in [0.15, 0.2) is 48.5 Å². The maximum Gasteiger partial charge on any atom is 0.337 e. The number of aryl methyl sites for hydroxylation is 1. The van der Waals surface area contributed by atoms with Crippen molar-refractivity contribution >= 4 is 11.8 Å². The van der Waals surface area contributed by atoms with E-state index < -0.39 is 5.97 Å². The summed E-state index contributed by atoms with van der Waals surface area (Å²) < 4.78 is 4.61. The van der Waals surface area contributed by atoms with Gasteiger partial charge in [-0.15, -0.1) is 0 Å². The molecular weight excluding hydrogens is 240 g/mol. The summed E-state index contributed by atoms with van der Waals surface area (Å²) in [6.07, 6.45) is 0. The molecule has 96 valence electrons. The normalized spacial score (nSPS) is 10.0. The second-order valence-corrected chi connectivity index (χ2v) is 4.27. The van der Waals surface area contributed by atoms with Gasteiger partial charge in [0.25, 0.3) is 0 Å². The number of rotatable bonds is 3. The number of carbonyl (C=O) groups is 2. The molecule has 0 aliphatic heterocycles. The zero-order chi connectivity index (χ0) is 13.8. The van der Waals surface area contributed by atoms with E-state index in [0.717, 1.165) is 5.56 Å². The molecule has 3 nitrogen and oxygen atoms in total. The quantitative estimate of drug-likeness (QED) is 0.624. The Balaban J connectivity index is 2.27. The molecule has 0 spiro atoms. The predicted molar refractivity (Wildman–Crippen MR) is 72.4 cm³/mol. The van der Waals surface area contributed by atoms with Gasteiger partial charge in [-0.2, -0.15) is 0 Å². The van der Waals surface area contributed by atoms with Gasteiger partial charge in [0, 0.05) is 11.1 Å². The summed E-state index contributed by atoms with van der Waals surface area (Å²) in [6.45, 7) is 1.94. The van der Waals surface area contributed by atoms with Gasteiger partial charge >= 0.3 is 5.97 Å². The Kier molecular flexibility index (Phi) is 3.76. The van der Waals surface area contributed by atoms with Crippen LogP contribution in [0.1, 0.15) is 31.8 Å². The lowest BCUT2D eigenvalue weighted by Gasteiger charge is -2.04. The molecule has 0 aliphatic rings. The highest BCUT2D eigenvalue weighted by Crippen LogP contribution is 2.13. The SMILES string of the molecule is COC(=O)c1ccc(C(=O)c2cccc(C)c2)cc1. The smallest absolute Gasteiger partial charge is 0.337 e. The summed E-state index contributed by atoms with van der Waals surface area (Å²) in [4.78, 5) is 23.5. The zero-order valence-corrected chi connectivity index (χ0v) is 10.8. The number of hydrogen-bond acceptors (Lipinski definition) is 3. The predicted octanol–water partition coefficient (Wildman–Crippen LogP) is 3.01. The van der Waals surface area contributed by atoms with Gasteiger partial charge in [0.2, 0.25) is 0 Å². The van der Waals surface area contributed by atoms with Crippen molar-refractivity contribution in [2.75, 3.05) is 7.11 Å². The first-order valence-electron chi connectivity index (χ1n) is 5.91. The lowest BCUT2D eigenvalue weighted by molar-refractivity contribution is 0.0600. The van der Waals surface area contributed by atoms with E-state index in [-0.39, 0.29) is 5.78 Å². The third-order valence-corrected chi connectivity index (χ3v) is 2.85. The van der Waals surface area contributed by atoms with Gasteiger partial charge in [-0.25, -0.2) is 4.79 Å². The molecule has 3 heteroatoms. The van der Waals surface area contributed by atoms with Crippen molar-refractivity contribution in [3.8, 4) is 0 Å². The molecule has 0 radical (unpaired) electrons. The summed E-state index contributed by atoms with van der Waals surface area (Å²) in [5.41, 5.74) is 2.67. The molecule has 0 aliphatic carbocycles. The van der Waals surface area contributed by atoms with E-state index in [1.54, 1.807) is 30.3 Å². The summed E-state index contributed by atoms with van der Waals surface area (Å²) in [7, 11) is 1.33. The van der Waals surface area contributed by atoms with Gasteiger partial charge in [-0.05, 0) is 25.1 Å². The topological polar surface area (TPSA) is 43.4 Å². The molecule has 0 bridgehead atoms. The van der Waals surface area contributed by atoms with Gasteiger partial charge < -0.3 is 4.74 Å². The average molecular weight is 254 g/mol. The van der Waals surface area contributed by atoms with Crippen LogP contribution >= 0.6 is 0 Å². The second kappa shape index (κ2) is 5.48. The van der Waals surface area contributed by atoms with Gasteiger partial charge in [0.05, 0.1) is 12.7 Å². The summed E-state index contributed by atoms with van der Waals surface area (Å²) in [5.74, 6) is -0.463. The number of benzene rings is 2. The Bertz CT molecular complexity index is 612. The Morgan fingerprint density at radius 3 is 2.11 bits per heavy atom. The monoisotopic (exact) mass is 254 g/mol. The number of hydrogen-bond donors (Lipinski definition) is 0. The molecule has 0 aromatic heterocycles. The van der Waals surface area contributed by atoms with Gasteiger partial charge in [-0.1, -0.05) is 35.9 Å². The van der Waals surface area contributed by atoms with E-state index in [4.69, 9.17) is 0 Å². The molecule has 0 saturated heterocycles. The minimum Gasteiger partial charge on any atom is -0.465 e. The molecule has 2 rings (SSSR count). The van der Waals surface area contributed by atoms with Crippen LogP contribution in [-0.2, 0) is 4.74 Å². The number of ketones is 1. The van der Waals surface area contributed by atoms with E-state index in [1.165, 1.54) is 7.11 Å². The number of methoxy groups -OCH3 is 1. The fourth-order valence-electron chi connectivity index (χ4n) is 1.83. The van der Waals surface area contributed by atoms with Crippen molar-refractivity contribution in [3.05, 3.63) is 70.8 Å². The first kappa shape index (κ1) is 13.0. The molecule has 19 heavy (non-hydrogen) atoms. The van der Waals surface area contributed by atoms with Crippen molar-refractivity contribution in [1.29, 1.82) is 0 Å². The molecule has 0 unspecified atom stereocenters. The molecule has 0 heterocycles. The Labute approximate surface area is 111 Å². The Hall–Kier alpha value is -2.42. The second-order valence-electron chi connectivity index (χ2n) is 4.27. The van der Waals surface area contributed by atoms with Crippen LogP contribution < -0.4 is 0 Å². The molecule has 0 fully saturated rings. The largest absolute Gasteiger partial charge is 0.465 e. The fraction of sp³-hybridized carbons (Fsp3) is 0.125. The molecule has 2 aromatic carbocycles. The van der Waals surface area contributed by atoms with Crippen LogP contribution in [0.3, 0.4) is 0 Å². The minimum absolute atomic E-state index is 0.0554. The summed E-state index contributed by atoms with van der Waals surface area (Å²) in [6, 6.07) is 13.9. The minimum atomic E-state index is -0.408. The van der Waals surface area contributed by atoms with Crippen LogP contribution in [0.2, 0.25) is 0 Å². The van der Waals surface area contributed by atoms with Crippen LogP contribution in [0.25, 0.3) is 0 Å². The highest BCUT2D eigenvalue weighted by Gasteiger charge is 2.10. The molecule has 0 atom stereocenters. The first-order chi connectivity index (χ1) is 9.11. The van der Waals surface area contributed by atoms with E-state index >= 15 is 0 Å². The lowest BCUT2D eigenvalue weighted by Crippen LogP contribution is -2.04.